The maximum Gasteiger partial charge on any atom is 0.122 e. The molecule has 5 heteroatoms. The molecule has 0 aliphatic carbocycles. The molecule has 0 unspecified atom stereocenters. The van der Waals surface area contributed by atoms with Crippen molar-refractivity contribution in [3.8, 4) is 11.1 Å². The van der Waals surface area contributed by atoms with Gasteiger partial charge in [0, 0.05) is 35.3 Å². The number of aromatic nitrogens is 1. The van der Waals surface area contributed by atoms with Gasteiger partial charge in [-0.2, -0.15) is 0 Å². The molecule has 2 N–H and O–H groups in total. The van der Waals surface area contributed by atoms with Crippen LogP contribution in [0.15, 0.2) is 48.5 Å². The van der Waals surface area contributed by atoms with Gasteiger partial charge in [0.25, 0.3) is 0 Å². The zero-order valence-electron chi connectivity index (χ0n) is 12.3. The summed E-state index contributed by atoms with van der Waals surface area (Å²) in [5.41, 5.74) is 10.4. The van der Waals surface area contributed by atoms with E-state index in [-0.39, 0.29) is 12.4 Å². The molecule has 116 valence electrons. The van der Waals surface area contributed by atoms with E-state index >= 15 is 0 Å². The van der Waals surface area contributed by atoms with Gasteiger partial charge in [0.1, 0.15) is 6.73 Å². The van der Waals surface area contributed by atoms with Crippen molar-refractivity contribution in [1.82, 2.24) is 4.57 Å². The summed E-state index contributed by atoms with van der Waals surface area (Å²) in [5, 5.41) is 1.82. The molecule has 3 aromatic rings. The molecule has 3 rings (SSSR count). The van der Waals surface area contributed by atoms with Gasteiger partial charge in [-0.3, -0.25) is 0 Å². The van der Waals surface area contributed by atoms with Crippen molar-refractivity contribution >= 4 is 34.9 Å². The molecule has 0 fully saturated rings. The second kappa shape index (κ2) is 7.16. The van der Waals surface area contributed by atoms with Crippen LogP contribution in [-0.2, 0) is 18.0 Å². The fourth-order valence-electron chi connectivity index (χ4n) is 2.80. The van der Waals surface area contributed by atoms with Crippen molar-refractivity contribution in [3.05, 3.63) is 59.2 Å². The van der Waals surface area contributed by atoms with Crippen molar-refractivity contribution in [2.75, 3.05) is 7.11 Å². The van der Waals surface area contributed by atoms with E-state index in [1.54, 1.807) is 7.11 Å². The summed E-state index contributed by atoms with van der Waals surface area (Å²) >= 11 is 6.19. The van der Waals surface area contributed by atoms with Gasteiger partial charge < -0.3 is 15.0 Å². The van der Waals surface area contributed by atoms with Crippen molar-refractivity contribution in [2.24, 2.45) is 5.73 Å². The third-order valence-corrected chi connectivity index (χ3v) is 3.88. The second-order valence-corrected chi connectivity index (χ2v) is 5.34. The summed E-state index contributed by atoms with van der Waals surface area (Å²) in [4.78, 5) is 0. The van der Waals surface area contributed by atoms with E-state index in [0.717, 1.165) is 32.7 Å². The third-order valence-electron chi connectivity index (χ3n) is 3.65. The van der Waals surface area contributed by atoms with Crippen molar-refractivity contribution in [1.29, 1.82) is 0 Å². The van der Waals surface area contributed by atoms with Gasteiger partial charge in [-0.15, -0.1) is 12.4 Å². The zero-order chi connectivity index (χ0) is 14.8. The van der Waals surface area contributed by atoms with Crippen LogP contribution in [0.4, 0.5) is 0 Å². The molecule has 0 atom stereocenters. The first kappa shape index (κ1) is 16.8. The molecule has 0 spiro atoms. The maximum atomic E-state index is 6.19. The molecule has 3 nitrogen and oxygen atoms in total. The smallest absolute Gasteiger partial charge is 0.122 e. The second-order valence-electron chi connectivity index (χ2n) is 4.90. The Morgan fingerprint density at radius 3 is 2.50 bits per heavy atom. The van der Waals surface area contributed by atoms with Crippen LogP contribution in [0.2, 0.25) is 5.02 Å². The highest BCUT2D eigenvalue weighted by molar-refractivity contribution is 6.31. The number of rotatable bonds is 4. The number of nitrogens with zero attached hydrogens (tertiary/aromatic N) is 1. The number of benzene rings is 2. The molecule has 22 heavy (non-hydrogen) atoms. The lowest BCUT2D eigenvalue weighted by molar-refractivity contribution is 0.132. The minimum atomic E-state index is 0. The minimum Gasteiger partial charge on any atom is -0.364 e. The predicted octanol–water partition coefficient (Wildman–Crippen LogP) is 4.45. The van der Waals surface area contributed by atoms with Crippen molar-refractivity contribution in [2.45, 2.75) is 13.3 Å². The Bertz CT molecular complexity index is 769. The maximum absolute atomic E-state index is 6.19. The molecular weight excluding hydrogens is 319 g/mol. The molecule has 0 aliphatic rings. The van der Waals surface area contributed by atoms with Crippen LogP contribution in [0.5, 0.6) is 0 Å². The number of nitrogens with two attached hydrogens (primary N) is 1. The van der Waals surface area contributed by atoms with Crippen LogP contribution in [-0.4, -0.2) is 11.7 Å². The van der Waals surface area contributed by atoms with E-state index in [0.29, 0.717) is 13.3 Å². The number of halogens is 2. The fourth-order valence-corrected chi connectivity index (χ4v) is 2.97. The predicted molar refractivity (Wildman–Crippen MR) is 94.5 cm³/mol. The van der Waals surface area contributed by atoms with Gasteiger partial charge in [-0.25, -0.2) is 0 Å². The lowest BCUT2D eigenvalue weighted by atomic mass is 10.0. The molecule has 1 aromatic heterocycles. The molecule has 0 amide bonds. The highest BCUT2D eigenvalue weighted by Crippen LogP contribution is 2.36. The molecule has 1 heterocycles. The van der Waals surface area contributed by atoms with E-state index < -0.39 is 0 Å². The lowest BCUT2D eigenvalue weighted by Crippen LogP contribution is -2.09. The Morgan fingerprint density at radius 1 is 1.14 bits per heavy atom. The van der Waals surface area contributed by atoms with Crippen LogP contribution >= 0.6 is 24.0 Å². The van der Waals surface area contributed by atoms with Crippen LogP contribution in [0.25, 0.3) is 22.0 Å². The van der Waals surface area contributed by atoms with Gasteiger partial charge in [-0.05, 0) is 23.8 Å². The SMILES string of the molecule is COCn1c(CN)c(-c2ccccc2)c2cc(Cl)ccc21.Cl. The topological polar surface area (TPSA) is 40.2 Å². The molecule has 0 saturated heterocycles. The van der Waals surface area contributed by atoms with E-state index in [2.05, 4.69) is 16.7 Å². The summed E-state index contributed by atoms with van der Waals surface area (Å²) < 4.78 is 7.44. The van der Waals surface area contributed by atoms with E-state index in [4.69, 9.17) is 22.1 Å². The standard InChI is InChI=1S/C17H17ClN2O.ClH/c1-21-11-20-15-8-7-13(18)9-14(15)17(16(20)10-19)12-5-3-2-4-6-12;/h2-9H,10-11,19H2,1H3;1H. The zero-order valence-corrected chi connectivity index (χ0v) is 13.8. The first-order chi connectivity index (χ1) is 10.3. The Morgan fingerprint density at radius 2 is 1.86 bits per heavy atom. The first-order valence-electron chi connectivity index (χ1n) is 6.81. The Labute approximate surface area is 141 Å². The monoisotopic (exact) mass is 336 g/mol. The highest BCUT2D eigenvalue weighted by atomic mass is 35.5. The Balaban J connectivity index is 0.00000176. The highest BCUT2D eigenvalue weighted by Gasteiger charge is 2.17. The lowest BCUT2D eigenvalue weighted by Gasteiger charge is -2.09. The van der Waals surface area contributed by atoms with Gasteiger partial charge >= 0.3 is 0 Å². The molecule has 0 bridgehead atoms. The number of methoxy groups -OCH3 is 1. The fraction of sp³-hybridized carbons (Fsp3) is 0.176. The summed E-state index contributed by atoms with van der Waals surface area (Å²) in [5.74, 6) is 0. The molecule has 0 saturated carbocycles. The van der Waals surface area contributed by atoms with Crippen molar-refractivity contribution < 1.29 is 4.74 Å². The van der Waals surface area contributed by atoms with Gasteiger partial charge in [0.2, 0.25) is 0 Å². The molecule has 0 radical (unpaired) electrons. The molecule has 2 aromatic carbocycles. The third kappa shape index (κ3) is 2.85. The van der Waals surface area contributed by atoms with E-state index in [1.807, 2.05) is 36.4 Å². The average Bonchev–Trinajstić information content (AvgIpc) is 2.81. The normalized spacial score (nSPS) is 10.7. The Hall–Kier alpha value is -1.52. The van der Waals surface area contributed by atoms with Crippen LogP contribution in [0.3, 0.4) is 0 Å². The summed E-state index contributed by atoms with van der Waals surface area (Å²) in [6.07, 6.45) is 0. The molecular formula is C17H18Cl2N2O. The van der Waals surface area contributed by atoms with Gasteiger partial charge in [0.05, 0.1) is 5.52 Å². The molecule has 0 aliphatic heterocycles. The number of hydrogen-bond acceptors (Lipinski definition) is 2. The first-order valence-corrected chi connectivity index (χ1v) is 7.19. The minimum absolute atomic E-state index is 0. The van der Waals surface area contributed by atoms with E-state index in [1.165, 1.54) is 0 Å². The van der Waals surface area contributed by atoms with Crippen molar-refractivity contribution in [3.63, 3.8) is 0 Å². The van der Waals surface area contributed by atoms with Crippen LogP contribution < -0.4 is 5.73 Å². The number of ether oxygens (including phenoxy) is 1. The van der Waals surface area contributed by atoms with Crippen LogP contribution in [0.1, 0.15) is 5.69 Å². The quantitative estimate of drug-likeness (QED) is 0.764. The average molecular weight is 337 g/mol. The van der Waals surface area contributed by atoms with E-state index in [9.17, 15) is 0 Å². The van der Waals surface area contributed by atoms with Gasteiger partial charge in [-0.1, -0.05) is 41.9 Å². The summed E-state index contributed by atoms with van der Waals surface area (Å²) in [6, 6.07) is 16.1. The summed E-state index contributed by atoms with van der Waals surface area (Å²) in [6.45, 7) is 0.914. The Kier molecular flexibility index (Phi) is 5.48. The summed E-state index contributed by atoms with van der Waals surface area (Å²) in [7, 11) is 1.68. The number of hydrogen-bond donors (Lipinski definition) is 1. The largest absolute Gasteiger partial charge is 0.364 e. The number of fused-ring (bicyclic) bond motifs is 1. The van der Waals surface area contributed by atoms with Gasteiger partial charge in [0.15, 0.2) is 0 Å². The van der Waals surface area contributed by atoms with Crippen LogP contribution in [0, 0.1) is 0 Å².